The molecule has 1 unspecified atom stereocenters. The Kier molecular flexibility index (Phi) is 7.98. The largest absolute Gasteiger partial charge is 0.497 e. The van der Waals surface area contributed by atoms with Gasteiger partial charge in [-0.2, -0.15) is 0 Å². The maximum absolute atomic E-state index is 13.2. The van der Waals surface area contributed by atoms with Crippen LogP contribution in [0.5, 0.6) is 11.5 Å². The molecule has 1 aliphatic rings. The van der Waals surface area contributed by atoms with Gasteiger partial charge in [0.1, 0.15) is 17.1 Å². The molecule has 4 rings (SSSR count). The van der Waals surface area contributed by atoms with Crippen molar-refractivity contribution < 1.29 is 28.2 Å². The first kappa shape index (κ1) is 25.4. The lowest BCUT2D eigenvalue weighted by molar-refractivity contribution is -0.150. The van der Waals surface area contributed by atoms with Crippen molar-refractivity contribution >= 4 is 28.4 Å². The van der Waals surface area contributed by atoms with E-state index in [-0.39, 0.29) is 17.8 Å². The van der Waals surface area contributed by atoms with Crippen molar-refractivity contribution in [3.05, 3.63) is 54.3 Å². The summed E-state index contributed by atoms with van der Waals surface area (Å²) < 4.78 is 22.2. The molecule has 0 radical (unpaired) electrons. The molecule has 2 aromatic carbocycles. The predicted octanol–water partition coefficient (Wildman–Crippen LogP) is 5.71. The third kappa shape index (κ3) is 5.40. The van der Waals surface area contributed by atoms with Gasteiger partial charge >= 0.3 is 5.97 Å². The van der Waals surface area contributed by atoms with E-state index in [1.807, 2.05) is 50.2 Å². The zero-order valence-electron chi connectivity index (χ0n) is 21.3. The number of rotatable bonds is 8. The average Bonchev–Trinajstić information content (AvgIpc) is 3.31. The fourth-order valence-electron chi connectivity index (χ4n) is 4.62. The number of ether oxygens (including phenoxy) is 3. The molecule has 1 aliphatic heterocycles. The smallest absolute Gasteiger partial charge is 0.310 e. The predicted molar refractivity (Wildman–Crippen MR) is 139 cm³/mol. The lowest BCUT2D eigenvalue weighted by Gasteiger charge is -2.31. The van der Waals surface area contributed by atoms with Crippen LogP contribution in [0.15, 0.2) is 53.2 Å². The summed E-state index contributed by atoms with van der Waals surface area (Å²) in [5.41, 5.74) is 4.27. The number of benzene rings is 2. The summed E-state index contributed by atoms with van der Waals surface area (Å²) in [6.45, 7) is 7.45. The second kappa shape index (κ2) is 11.3. The van der Waals surface area contributed by atoms with Crippen molar-refractivity contribution in [1.82, 2.24) is 4.90 Å². The van der Waals surface area contributed by atoms with Gasteiger partial charge in [-0.25, -0.2) is 0 Å². The van der Waals surface area contributed by atoms with Gasteiger partial charge in [0.05, 0.1) is 32.5 Å². The van der Waals surface area contributed by atoms with Gasteiger partial charge in [0.2, 0.25) is 5.91 Å². The third-order valence-corrected chi connectivity index (χ3v) is 6.49. The number of allylic oxidation sites excluding steroid dienone is 1. The maximum Gasteiger partial charge on any atom is 0.310 e. The minimum absolute atomic E-state index is 0.119. The number of methoxy groups -OCH3 is 1. The van der Waals surface area contributed by atoms with Crippen LogP contribution in [0.25, 0.3) is 27.7 Å². The van der Waals surface area contributed by atoms with Crippen LogP contribution in [0.1, 0.15) is 39.2 Å². The van der Waals surface area contributed by atoms with E-state index in [1.54, 1.807) is 31.3 Å². The molecule has 1 aromatic heterocycles. The van der Waals surface area contributed by atoms with E-state index in [2.05, 4.69) is 0 Å². The summed E-state index contributed by atoms with van der Waals surface area (Å²) in [6, 6.07) is 11.7. The van der Waals surface area contributed by atoms with Gasteiger partial charge in [0.25, 0.3) is 0 Å². The molecule has 1 atom stereocenters. The van der Waals surface area contributed by atoms with Crippen LogP contribution in [-0.2, 0) is 14.3 Å². The normalized spacial score (nSPS) is 16.2. The van der Waals surface area contributed by atoms with Crippen LogP contribution >= 0.6 is 0 Å². The highest BCUT2D eigenvalue weighted by molar-refractivity contribution is 6.00. The van der Waals surface area contributed by atoms with E-state index in [9.17, 15) is 9.59 Å². The SMILES string of the molecule is CCOC(=O)C1CCCN(C(=O)/C=C(\C)c2cc3c(-c4ccc(OC)cc4)coc3cc2OCC)C1. The van der Waals surface area contributed by atoms with Crippen molar-refractivity contribution in [3.63, 3.8) is 0 Å². The van der Waals surface area contributed by atoms with Crippen LogP contribution < -0.4 is 9.47 Å². The minimum atomic E-state index is -0.273. The molecule has 190 valence electrons. The molecular weight excluding hydrogens is 458 g/mol. The number of fused-ring (bicyclic) bond motifs is 1. The summed E-state index contributed by atoms with van der Waals surface area (Å²) in [5.74, 6) is 0.818. The number of nitrogens with zero attached hydrogens (tertiary/aromatic N) is 1. The van der Waals surface area contributed by atoms with Gasteiger partial charge in [-0.15, -0.1) is 0 Å². The summed E-state index contributed by atoms with van der Waals surface area (Å²) in [6.07, 6.45) is 4.88. The standard InChI is InChI=1S/C29H33NO6/c1-5-34-26-16-27-24(25(18-36-27)20-9-11-22(33-4)12-10-20)15-23(26)19(3)14-28(31)30-13-7-8-21(17-30)29(32)35-6-2/h9-12,14-16,18,21H,5-8,13,17H2,1-4H3/b19-14+. The first-order chi connectivity index (χ1) is 17.4. The zero-order valence-corrected chi connectivity index (χ0v) is 21.3. The molecule has 36 heavy (non-hydrogen) atoms. The van der Waals surface area contributed by atoms with Gasteiger partial charge in [0, 0.05) is 41.7 Å². The Bertz CT molecular complexity index is 1260. The lowest BCUT2D eigenvalue weighted by atomic mass is 9.97. The molecule has 7 heteroatoms. The van der Waals surface area contributed by atoms with Gasteiger partial charge in [-0.1, -0.05) is 12.1 Å². The second-order valence-corrected chi connectivity index (χ2v) is 8.86. The maximum atomic E-state index is 13.2. The van der Waals surface area contributed by atoms with E-state index in [0.717, 1.165) is 46.2 Å². The number of likely N-dealkylation sites (tertiary alicyclic amines) is 1. The third-order valence-electron chi connectivity index (χ3n) is 6.49. The number of esters is 1. The van der Waals surface area contributed by atoms with Crippen LogP contribution in [0.2, 0.25) is 0 Å². The number of carbonyl (C=O) groups excluding carboxylic acids is 2. The zero-order chi connectivity index (χ0) is 25.7. The highest BCUT2D eigenvalue weighted by atomic mass is 16.5. The van der Waals surface area contributed by atoms with E-state index >= 15 is 0 Å². The minimum Gasteiger partial charge on any atom is -0.497 e. The summed E-state index contributed by atoms with van der Waals surface area (Å²) in [5, 5.41) is 0.930. The van der Waals surface area contributed by atoms with Crippen molar-refractivity contribution in [1.29, 1.82) is 0 Å². The van der Waals surface area contributed by atoms with Crippen LogP contribution in [0.3, 0.4) is 0 Å². The first-order valence-electron chi connectivity index (χ1n) is 12.4. The van der Waals surface area contributed by atoms with Crippen LogP contribution in [-0.4, -0.2) is 50.2 Å². The number of carbonyl (C=O) groups is 2. The highest BCUT2D eigenvalue weighted by Crippen LogP contribution is 2.38. The highest BCUT2D eigenvalue weighted by Gasteiger charge is 2.29. The summed E-state index contributed by atoms with van der Waals surface area (Å²) >= 11 is 0. The number of amides is 1. The van der Waals surface area contributed by atoms with Crippen LogP contribution in [0, 0.1) is 5.92 Å². The van der Waals surface area contributed by atoms with Gasteiger partial charge in [-0.05, 0) is 62.9 Å². The number of hydrogen-bond donors (Lipinski definition) is 0. The fraction of sp³-hybridized carbons (Fsp3) is 0.379. The lowest BCUT2D eigenvalue weighted by Crippen LogP contribution is -2.42. The molecule has 0 bridgehead atoms. The molecule has 1 amide bonds. The Morgan fingerprint density at radius 2 is 1.92 bits per heavy atom. The second-order valence-electron chi connectivity index (χ2n) is 8.86. The average molecular weight is 492 g/mol. The number of furan rings is 1. The first-order valence-corrected chi connectivity index (χ1v) is 12.4. The van der Waals surface area contributed by atoms with Crippen molar-refractivity contribution in [2.45, 2.75) is 33.6 Å². The van der Waals surface area contributed by atoms with E-state index in [1.165, 1.54) is 0 Å². The van der Waals surface area contributed by atoms with E-state index in [0.29, 0.717) is 37.6 Å². The molecule has 1 saturated heterocycles. The van der Waals surface area contributed by atoms with E-state index < -0.39 is 0 Å². The molecule has 0 N–H and O–H groups in total. The van der Waals surface area contributed by atoms with Crippen LogP contribution in [0.4, 0.5) is 0 Å². The van der Waals surface area contributed by atoms with Crippen molar-refractivity contribution in [2.24, 2.45) is 5.92 Å². The Balaban J connectivity index is 1.65. The molecule has 0 saturated carbocycles. The molecular formula is C29H33NO6. The Labute approximate surface area is 211 Å². The Morgan fingerprint density at radius 3 is 2.61 bits per heavy atom. The summed E-state index contributed by atoms with van der Waals surface area (Å²) in [4.78, 5) is 27.1. The number of hydrogen-bond acceptors (Lipinski definition) is 6. The fourth-order valence-corrected chi connectivity index (χ4v) is 4.62. The van der Waals surface area contributed by atoms with Gasteiger partial charge in [0.15, 0.2) is 0 Å². The topological polar surface area (TPSA) is 78.2 Å². The molecule has 1 fully saturated rings. The quantitative estimate of drug-likeness (QED) is 0.297. The summed E-state index contributed by atoms with van der Waals surface area (Å²) in [7, 11) is 1.64. The Hall–Kier alpha value is -3.74. The van der Waals surface area contributed by atoms with E-state index in [4.69, 9.17) is 18.6 Å². The van der Waals surface area contributed by atoms with Crippen molar-refractivity contribution in [2.75, 3.05) is 33.4 Å². The van der Waals surface area contributed by atoms with Crippen molar-refractivity contribution in [3.8, 4) is 22.6 Å². The molecule has 7 nitrogen and oxygen atoms in total. The molecule has 0 aliphatic carbocycles. The van der Waals surface area contributed by atoms with Gasteiger partial charge in [-0.3, -0.25) is 9.59 Å². The Morgan fingerprint density at radius 1 is 1.14 bits per heavy atom. The number of piperidine rings is 1. The monoisotopic (exact) mass is 491 g/mol. The van der Waals surface area contributed by atoms with Gasteiger partial charge < -0.3 is 23.5 Å². The molecule has 0 spiro atoms. The molecule has 2 heterocycles. The molecule has 3 aromatic rings.